The first-order chi connectivity index (χ1) is 7.88. The maximum absolute atomic E-state index is 5.75. The Bertz CT molecular complexity index is 193. The molecular weight excluding hydrogens is 204 g/mol. The Balaban J connectivity index is 1.71. The molecule has 0 amide bonds. The van der Waals surface area contributed by atoms with E-state index in [0.29, 0.717) is 12.1 Å². The Kier molecular flexibility index (Phi) is 5.03. The fourth-order valence-corrected chi connectivity index (χ4v) is 2.47. The zero-order valence-electron chi connectivity index (χ0n) is 10.3. The highest BCUT2D eigenvalue weighted by Gasteiger charge is 2.23. The first kappa shape index (κ1) is 12.3. The van der Waals surface area contributed by atoms with E-state index < -0.39 is 0 Å². The average Bonchev–Trinajstić information content (AvgIpc) is 2.31. The second-order valence-corrected chi connectivity index (χ2v) is 4.73. The Morgan fingerprint density at radius 2 is 2.06 bits per heavy atom. The molecule has 2 aliphatic rings. The molecule has 4 nitrogen and oxygen atoms in total. The molecule has 2 fully saturated rings. The van der Waals surface area contributed by atoms with Crippen molar-refractivity contribution >= 4 is 0 Å². The smallest absolute Gasteiger partial charge is 0.0608 e. The van der Waals surface area contributed by atoms with Crippen LogP contribution >= 0.6 is 0 Å². The van der Waals surface area contributed by atoms with Crippen LogP contribution in [0.3, 0.4) is 0 Å². The normalized spacial score (nSPS) is 32.8. The quantitative estimate of drug-likeness (QED) is 0.783. The molecule has 2 saturated heterocycles. The zero-order valence-corrected chi connectivity index (χ0v) is 10.3. The molecule has 2 unspecified atom stereocenters. The molecule has 2 rings (SSSR count). The van der Waals surface area contributed by atoms with Crippen LogP contribution in [0.5, 0.6) is 0 Å². The molecule has 0 radical (unpaired) electrons. The van der Waals surface area contributed by atoms with Gasteiger partial charge in [-0.2, -0.15) is 0 Å². The second kappa shape index (κ2) is 6.55. The molecule has 2 aliphatic heterocycles. The third-order valence-corrected chi connectivity index (χ3v) is 3.35. The van der Waals surface area contributed by atoms with Gasteiger partial charge in [-0.1, -0.05) is 13.3 Å². The monoisotopic (exact) mass is 228 g/mol. The van der Waals surface area contributed by atoms with Crippen LogP contribution in [0.4, 0.5) is 0 Å². The number of morpholine rings is 1. The largest absolute Gasteiger partial charge is 0.379 e. The fraction of sp³-hybridized carbons (Fsp3) is 1.00. The van der Waals surface area contributed by atoms with Crippen LogP contribution in [0.2, 0.25) is 0 Å². The first-order valence-corrected chi connectivity index (χ1v) is 6.59. The van der Waals surface area contributed by atoms with Crippen LogP contribution < -0.4 is 5.43 Å². The van der Waals surface area contributed by atoms with Crippen LogP contribution in [0.1, 0.15) is 32.6 Å². The SMILES string of the molecule is CCCC1CC(NN2CCOCC2)CCO1. The summed E-state index contributed by atoms with van der Waals surface area (Å²) in [6, 6.07) is 0.600. The lowest BCUT2D eigenvalue weighted by atomic mass is 10.0. The number of hydrogen-bond donors (Lipinski definition) is 1. The maximum Gasteiger partial charge on any atom is 0.0608 e. The van der Waals surface area contributed by atoms with Gasteiger partial charge in [0.2, 0.25) is 0 Å². The molecule has 0 aromatic heterocycles. The van der Waals surface area contributed by atoms with Gasteiger partial charge in [0.15, 0.2) is 0 Å². The van der Waals surface area contributed by atoms with E-state index in [1.54, 1.807) is 0 Å². The fourth-order valence-electron chi connectivity index (χ4n) is 2.47. The predicted molar refractivity (Wildman–Crippen MR) is 63.2 cm³/mol. The van der Waals surface area contributed by atoms with Crippen molar-refractivity contribution in [2.24, 2.45) is 0 Å². The van der Waals surface area contributed by atoms with E-state index in [1.807, 2.05) is 0 Å². The molecule has 0 bridgehead atoms. The molecular formula is C12H24N2O2. The van der Waals surface area contributed by atoms with Gasteiger partial charge in [-0.3, -0.25) is 5.43 Å². The van der Waals surface area contributed by atoms with Gasteiger partial charge in [0, 0.05) is 25.7 Å². The summed E-state index contributed by atoms with van der Waals surface area (Å²) in [4.78, 5) is 0. The summed E-state index contributed by atoms with van der Waals surface area (Å²) in [6.07, 6.45) is 5.18. The summed E-state index contributed by atoms with van der Waals surface area (Å²) in [5.74, 6) is 0. The van der Waals surface area contributed by atoms with Gasteiger partial charge in [0.1, 0.15) is 0 Å². The van der Waals surface area contributed by atoms with Crippen molar-refractivity contribution in [3.05, 3.63) is 0 Å². The topological polar surface area (TPSA) is 33.7 Å². The molecule has 1 N–H and O–H groups in total. The highest BCUT2D eigenvalue weighted by atomic mass is 16.5. The van der Waals surface area contributed by atoms with Crippen molar-refractivity contribution in [1.29, 1.82) is 0 Å². The van der Waals surface area contributed by atoms with Gasteiger partial charge in [-0.15, -0.1) is 0 Å². The van der Waals surface area contributed by atoms with E-state index in [0.717, 1.165) is 45.8 Å². The highest BCUT2D eigenvalue weighted by molar-refractivity contribution is 4.76. The zero-order chi connectivity index (χ0) is 11.2. The standard InChI is InChI=1S/C12H24N2O2/c1-2-3-12-10-11(4-7-16-12)13-14-5-8-15-9-6-14/h11-13H,2-10H2,1H3. The average molecular weight is 228 g/mol. The van der Waals surface area contributed by atoms with Crippen molar-refractivity contribution in [2.45, 2.75) is 44.8 Å². The minimum atomic E-state index is 0.470. The molecule has 0 aromatic rings. The summed E-state index contributed by atoms with van der Waals surface area (Å²) in [5.41, 5.74) is 3.62. The lowest BCUT2D eigenvalue weighted by Gasteiger charge is -2.36. The van der Waals surface area contributed by atoms with Crippen LogP contribution in [-0.4, -0.2) is 50.1 Å². The van der Waals surface area contributed by atoms with E-state index in [-0.39, 0.29) is 0 Å². The number of hydrogen-bond acceptors (Lipinski definition) is 4. The molecule has 0 saturated carbocycles. The summed E-state index contributed by atoms with van der Waals surface area (Å²) in [5, 5.41) is 2.31. The molecule has 2 atom stereocenters. The third-order valence-electron chi connectivity index (χ3n) is 3.35. The van der Waals surface area contributed by atoms with Gasteiger partial charge in [-0.25, -0.2) is 5.01 Å². The molecule has 4 heteroatoms. The highest BCUT2D eigenvalue weighted by Crippen LogP contribution is 2.18. The number of ether oxygens (including phenoxy) is 2. The third kappa shape index (κ3) is 3.70. The van der Waals surface area contributed by atoms with Crippen LogP contribution in [-0.2, 0) is 9.47 Å². The lowest BCUT2D eigenvalue weighted by molar-refractivity contribution is -0.0394. The Hall–Kier alpha value is -0.160. The van der Waals surface area contributed by atoms with Gasteiger partial charge >= 0.3 is 0 Å². The van der Waals surface area contributed by atoms with Gasteiger partial charge in [0.05, 0.1) is 19.3 Å². The Morgan fingerprint density at radius 1 is 1.25 bits per heavy atom. The van der Waals surface area contributed by atoms with E-state index in [9.17, 15) is 0 Å². The van der Waals surface area contributed by atoms with Crippen molar-refractivity contribution < 1.29 is 9.47 Å². The Morgan fingerprint density at radius 3 is 2.81 bits per heavy atom. The molecule has 16 heavy (non-hydrogen) atoms. The second-order valence-electron chi connectivity index (χ2n) is 4.73. The summed E-state index contributed by atoms with van der Waals surface area (Å²) < 4.78 is 11.1. The summed E-state index contributed by atoms with van der Waals surface area (Å²) in [6.45, 7) is 6.86. The van der Waals surface area contributed by atoms with E-state index in [4.69, 9.17) is 9.47 Å². The summed E-state index contributed by atoms with van der Waals surface area (Å²) in [7, 11) is 0. The lowest BCUT2D eigenvalue weighted by Crippen LogP contribution is -2.52. The number of nitrogens with zero attached hydrogens (tertiary/aromatic N) is 1. The molecule has 0 aromatic carbocycles. The molecule has 0 aliphatic carbocycles. The van der Waals surface area contributed by atoms with Gasteiger partial charge in [-0.05, 0) is 19.3 Å². The van der Waals surface area contributed by atoms with Gasteiger partial charge in [0.25, 0.3) is 0 Å². The Labute approximate surface area is 98.2 Å². The maximum atomic E-state index is 5.75. The number of nitrogens with one attached hydrogen (secondary N) is 1. The van der Waals surface area contributed by atoms with E-state index in [2.05, 4.69) is 17.4 Å². The molecule has 94 valence electrons. The van der Waals surface area contributed by atoms with Crippen LogP contribution in [0.15, 0.2) is 0 Å². The minimum absolute atomic E-state index is 0.470. The van der Waals surface area contributed by atoms with Crippen LogP contribution in [0, 0.1) is 0 Å². The molecule has 2 heterocycles. The number of rotatable bonds is 4. The molecule has 0 spiro atoms. The van der Waals surface area contributed by atoms with Crippen molar-refractivity contribution in [1.82, 2.24) is 10.4 Å². The van der Waals surface area contributed by atoms with E-state index >= 15 is 0 Å². The first-order valence-electron chi connectivity index (χ1n) is 6.59. The number of hydrazine groups is 1. The van der Waals surface area contributed by atoms with E-state index in [1.165, 1.54) is 12.8 Å². The van der Waals surface area contributed by atoms with Crippen LogP contribution in [0.25, 0.3) is 0 Å². The van der Waals surface area contributed by atoms with Crippen molar-refractivity contribution in [3.63, 3.8) is 0 Å². The summed E-state index contributed by atoms with van der Waals surface area (Å²) >= 11 is 0. The van der Waals surface area contributed by atoms with Crippen molar-refractivity contribution in [2.75, 3.05) is 32.9 Å². The van der Waals surface area contributed by atoms with Gasteiger partial charge < -0.3 is 9.47 Å². The predicted octanol–water partition coefficient (Wildman–Crippen LogP) is 1.17. The minimum Gasteiger partial charge on any atom is -0.379 e. The van der Waals surface area contributed by atoms with Crippen molar-refractivity contribution in [3.8, 4) is 0 Å².